The summed E-state index contributed by atoms with van der Waals surface area (Å²) in [5.74, 6) is 0.767. The zero-order chi connectivity index (χ0) is 21.4. The Kier molecular flexibility index (Phi) is 8.09. The van der Waals surface area contributed by atoms with Crippen molar-refractivity contribution in [2.24, 2.45) is 0 Å². The van der Waals surface area contributed by atoms with Crippen molar-refractivity contribution in [1.29, 1.82) is 0 Å². The third-order valence-electron chi connectivity index (χ3n) is 4.13. The average molecular weight is 400 g/mol. The van der Waals surface area contributed by atoms with Crippen molar-refractivity contribution in [1.82, 2.24) is 4.90 Å². The number of carbonyl (C=O) groups is 1. The van der Waals surface area contributed by atoms with Crippen LogP contribution in [0.4, 0.5) is 4.79 Å². The maximum Gasteiger partial charge on any atom is 0.410 e. The molecule has 2 rings (SSSR count). The van der Waals surface area contributed by atoms with Gasteiger partial charge in [-0.1, -0.05) is 36.4 Å². The highest BCUT2D eigenvalue weighted by Gasteiger charge is 2.19. The first-order valence-electron chi connectivity index (χ1n) is 10.0. The molecule has 29 heavy (non-hydrogen) atoms. The molecular weight excluding hydrogens is 366 g/mol. The van der Waals surface area contributed by atoms with Crippen LogP contribution in [0.1, 0.15) is 40.2 Å². The Labute approximate surface area is 174 Å². The van der Waals surface area contributed by atoms with Gasteiger partial charge in [0.05, 0.1) is 19.3 Å². The Balaban J connectivity index is 2.05. The van der Waals surface area contributed by atoms with E-state index in [-0.39, 0.29) is 12.2 Å². The Hall–Kier alpha value is -2.53. The largest absolute Gasteiger partial charge is 0.491 e. The van der Waals surface area contributed by atoms with E-state index in [2.05, 4.69) is 18.2 Å². The van der Waals surface area contributed by atoms with Crippen LogP contribution in [-0.2, 0) is 16.1 Å². The zero-order valence-electron chi connectivity index (χ0n) is 18.4. The highest BCUT2D eigenvalue weighted by atomic mass is 16.6. The van der Waals surface area contributed by atoms with Gasteiger partial charge in [-0.15, -0.1) is 0 Å². The van der Waals surface area contributed by atoms with E-state index in [0.717, 1.165) is 22.4 Å². The molecule has 0 fully saturated rings. The van der Waals surface area contributed by atoms with Crippen molar-refractivity contribution in [2.75, 3.05) is 20.2 Å². The van der Waals surface area contributed by atoms with Gasteiger partial charge in [-0.05, 0) is 57.9 Å². The van der Waals surface area contributed by atoms with Crippen LogP contribution in [0.2, 0.25) is 0 Å². The third-order valence-corrected chi connectivity index (χ3v) is 4.13. The minimum atomic E-state index is -0.513. The summed E-state index contributed by atoms with van der Waals surface area (Å²) in [5, 5.41) is 0. The number of carbonyl (C=O) groups excluding carboxylic acids is 1. The molecule has 0 bridgehead atoms. The number of nitrogens with zero attached hydrogens (tertiary/aromatic N) is 1. The summed E-state index contributed by atoms with van der Waals surface area (Å²) in [6, 6.07) is 16.3. The monoisotopic (exact) mass is 399 g/mol. The van der Waals surface area contributed by atoms with E-state index < -0.39 is 5.60 Å². The lowest BCUT2D eigenvalue weighted by Crippen LogP contribution is -2.36. The molecule has 5 heteroatoms. The molecule has 0 atom stereocenters. The molecule has 0 radical (unpaired) electrons. The standard InChI is InChI=1S/C24H33NO4/c1-18(2)28-17-21-16-20(19-10-8-7-9-11-19)12-13-22(21)27-15-14-25(6)23(26)29-24(3,4)5/h7-13,16,18H,14-15,17H2,1-6H3. The Bertz CT molecular complexity index is 781. The van der Waals surface area contributed by atoms with E-state index >= 15 is 0 Å². The summed E-state index contributed by atoms with van der Waals surface area (Å²) >= 11 is 0. The van der Waals surface area contributed by atoms with Crippen molar-refractivity contribution in [3.63, 3.8) is 0 Å². The lowest BCUT2D eigenvalue weighted by molar-refractivity contribution is 0.0276. The van der Waals surface area contributed by atoms with Gasteiger partial charge in [0.25, 0.3) is 0 Å². The van der Waals surface area contributed by atoms with Crippen LogP contribution in [0.15, 0.2) is 48.5 Å². The summed E-state index contributed by atoms with van der Waals surface area (Å²) < 4.78 is 17.2. The van der Waals surface area contributed by atoms with Gasteiger partial charge in [0.1, 0.15) is 18.0 Å². The Morgan fingerprint density at radius 2 is 1.72 bits per heavy atom. The normalized spacial score (nSPS) is 11.4. The smallest absolute Gasteiger partial charge is 0.410 e. The highest BCUT2D eigenvalue weighted by Crippen LogP contribution is 2.27. The summed E-state index contributed by atoms with van der Waals surface area (Å²) in [6.07, 6.45) is -0.231. The SMILES string of the molecule is CC(C)OCc1cc(-c2ccccc2)ccc1OCCN(C)C(=O)OC(C)(C)C. The Morgan fingerprint density at radius 3 is 2.34 bits per heavy atom. The van der Waals surface area contributed by atoms with Crippen LogP contribution in [0.5, 0.6) is 5.75 Å². The fraction of sp³-hybridized carbons (Fsp3) is 0.458. The van der Waals surface area contributed by atoms with Crippen molar-refractivity contribution in [2.45, 2.75) is 52.9 Å². The average Bonchev–Trinajstić information content (AvgIpc) is 2.66. The van der Waals surface area contributed by atoms with E-state index in [0.29, 0.717) is 19.8 Å². The lowest BCUT2D eigenvalue weighted by Gasteiger charge is -2.24. The number of hydrogen-bond acceptors (Lipinski definition) is 4. The van der Waals surface area contributed by atoms with Gasteiger partial charge < -0.3 is 19.1 Å². The fourth-order valence-electron chi connectivity index (χ4n) is 2.62. The minimum Gasteiger partial charge on any atom is -0.491 e. The predicted octanol–water partition coefficient (Wildman–Crippen LogP) is 5.52. The van der Waals surface area contributed by atoms with Crippen LogP contribution >= 0.6 is 0 Å². The van der Waals surface area contributed by atoms with E-state index in [9.17, 15) is 4.79 Å². The van der Waals surface area contributed by atoms with E-state index in [1.807, 2.05) is 65.0 Å². The molecule has 2 aromatic rings. The molecule has 0 saturated heterocycles. The molecule has 0 aromatic heterocycles. The van der Waals surface area contributed by atoms with E-state index in [4.69, 9.17) is 14.2 Å². The summed E-state index contributed by atoms with van der Waals surface area (Å²) in [6.45, 7) is 10.8. The van der Waals surface area contributed by atoms with Crippen LogP contribution < -0.4 is 4.74 Å². The summed E-state index contributed by atoms with van der Waals surface area (Å²) in [4.78, 5) is 13.6. The van der Waals surface area contributed by atoms with Gasteiger partial charge in [0, 0.05) is 12.6 Å². The van der Waals surface area contributed by atoms with Gasteiger partial charge >= 0.3 is 6.09 Å². The van der Waals surface area contributed by atoms with E-state index in [1.165, 1.54) is 4.90 Å². The number of rotatable bonds is 8. The number of hydrogen-bond donors (Lipinski definition) is 0. The molecule has 158 valence electrons. The zero-order valence-corrected chi connectivity index (χ0v) is 18.4. The van der Waals surface area contributed by atoms with Crippen LogP contribution in [0, 0.1) is 0 Å². The molecule has 0 saturated carbocycles. The predicted molar refractivity (Wildman–Crippen MR) is 116 cm³/mol. The van der Waals surface area contributed by atoms with Crippen molar-refractivity contribution >= 4 is 6.09 Å². The number of benzene rings is 2. The highest BCUT2D eigenvalue weighted by molar-refractivity contribution is 5.67. The lowest BCUT2D eigenvalue weighted by atomic mass is 10.0. The molecule has 1 amide bonds. The van der Waals surface area contributed by atoms with Crippen molar-refractivity contribution in [3.8, 4) is 16.9 Å². The summed E-state index contributed by atoms with van der Waals surface area (Å²) in [7, 11) is 1.71. The first-order chi connectivity index (χ1) is 13.7. The number of likely N-dealkylation sites (N-methyl/N-ethyl adjacent to an activating group) is 1. The number of amides is 1. The Morgan fingerprint density at radius 1 is 1.03 bits per heavy atom. The maximum absolute atomic E-state index is 12.1. The molecule has 0 heterocycles. The fourth-order valence-corrected chi connectivity index (χ4v) is 2.62. The minimum absolute atomic E-state index is 0.126. The molecule has 0 unspecified atom stereocenters. The van der Waals surface area contributed by atoms with Gasteiger partial charge in [-0.3, -0.25) is 0 Å². The van der Waals surface area contributed by atoms with Crippen molar-refractivity contribution in [3.05, 3.63) is 54.1 Å². The first-order valence-corrected chi connectivity index (χ1v) is 10.0. The molecule has 0 N–H and O–H groups in total. The first kappa shape index (κ1) is 22.8. The molecule has 0 aliphatic rings. The maximum atomic E-state index is 12.1. The van der Waals surface area contributed by atoms with Crippen LogP contribution in [0.3, 0.4) is 0 Å². The van der Waals surface area contributed by atoms with Gasteiger partial charge in [-0.2, -0.15) is 0 Å². The molecule has 2 aromatic carbocycles. The molecular formula is C24H33NO4. The summed E-state index contributed by atoms with van der Waals surface area (Å²) in [5.41, 5.74) is 2.74. The second-order valence-corrected chi connectivity index (χ2v) is 8.30. The third kappa shape index (κ3) is 7.78. The van der Waals surface area contributed by atoms with Gasteiger partial charge in [0.2, 0.25) is 0 Å². The molecule has 0 aliphatic heterocycles. The topological polar surface area (TPSA) is 48.0 Å². The van der Waals surface area contributed by atoms with Crippen LogP contribution in [-0.4, -0.2) is 42.9 Å². The second kappa shape index (κ2) is 10.3. The van der Waals surface area contributed by atoms with Gasteiger partial charge in [0.15, 0.2) is 0 Å². The number of ether oxygens (including phenoxy) is 3. The molecule has 5 nitrogen and oxygen atoms in total. The quantitative estimate of drug-likeness (QED) is 0.586. The molecule has 0 spiro atoms. The second-order valence-electron chi connectivity index (χ2n) is 8.30. The van der Waals surface area contributed by atoms with Crippen LogP contribution in [0.25, 0.3) is 11.1 Å². The van der Waals surface area contributed by atoms with Gasteiger partial charge in [-0.25, -0.2) is 4.79 Å². The van der Waals surface area contributed by atoms with Crippen molar-refractivity contribution < 1.29 is 19.0 Å². The van der Waals surface area contributed by atoms with E-state index in [1.54, 1.807) is 7.05 Å². The molecule has 0 aliphatic carbocycles.